The van der Waals surface area contributed by atoms with Gasteiger partial charge in [-0.2, -0.15) is 0 Å². The number of rotatable bonds is 1. The lowest BCUT2D eigenvalue weighted by Gasteiger charge is -2.09. The molecule has 0 atom stereocenters. The second kappa shape index (κ2) is 4.33. The van der Waals surface area contributed by atoms with Gasteiger partial charge in [-0.15, -0.1) is 0 Å². The first-order chi connectivity index (χ1) is 5.15. The predicted octanol–water partition coefficient (Wildman–Crippen LogP) is -1.10. The van der Waals surface area contributed by atoms with E-state index in [0.29, 0.717) is 0 Å². The molecule has 0 spiro atoms. The standard InChI is InChI=1S/C9H14N2.ClH/c1-6-4-7(2)9(11-10)8(3)5-6;/h4-5,11H,10H2,1-3H3;1H/p-1. The van der Waals surface area contributed by atoms with Crippen molar-refractivity contribution in [2.45, 2.75) is 20.8 Å². The lowest BCUT2D eigenvalue weighted by atomic mass is 10.1. The number of nitrogens with two attached hydrogens (primary N) is 1. The number of nitrogens with one attached hydrogen (secondary N) is 1. The Morgan fingerprint density at radius 3 is 1.83 bits per heavy atom. The third kappa shape index (κ3) is 2.13. The van der Waals surface area contributed by atoms with Crippen LogP contribution in [-0.2, 0) is 0 Å². The van der Waals surface area contributed by atoms with E-state index in [1.54, 1.807) is 0 Å². The minimum absolute atomic E-state index is 0. The highest BCUT2D eigenvalue weighted by Gasteiger charge is 1.99. The third-order valence-electron chi connectivity index (χ3n) is 1.82. The average molecular weight is 186 g/mol. The minimum atomic E-state index is 0. The SMILES string of the molecule is Cc1cc(C)c(NN)c(C)c1.[Cl-]. The van der Waals surface area contributed by atoms with E-state index in [-0.39, 0.29) is 12.4 Å². The molecule has 0 aromatic heterocycles. The van der Waals surface area contributed by atoms with Gasteiger partial charge in [-0.05, 0) is 31.9 Å². The second-order valence-electron chi connectivity index (χ2n) is 2.92. The van der Waals surface area contributed by atoms with Crippen molar-refractivity contribution < 1.29 is 12.4 Å². The lowest BCUT2D eigenvalue weighted by Crippen LogP contribution is -3.00. The Morgan fingerprint density at radius 1 is 1.08 bits per heavy atom. The summed E-state index contributed by atoms with van der Waals surface area (Å²) in [5.41, 5.74) is 7.40. The summed E-state index contributed by atoms with van der Waals surface area (Å²) in [5, 5.41) is 0. The van der Waals surface area contributed by atoms with Crippen molar-refractivity contribution in [3.63, 3.8) is 0 Å². The van der Waals surface area contributed by atoms with Crippen LogP contribution in [0, 0.1) is 20.8 Å². The molecular weight excluding hydrogens is 172 g/mol. The molecule has 0 aliphatic rings. The number of hydrazine groups is 1. The first-order valence-electron chi connectivity index (χ1n) is 3.69. The van der Waals surface area contributed by atoms with Crippen molar-refractivity contribution in [1.82, 2.24) is 0 Å². The van der Waals surface area contributed by atoms with Crippen LogP contribution >= 0.6 is 0 Å². The van der Waals surface area contributed by atoms with Crippen LogP contribution in [0.4, 0.5) is 5.69 Å². The van der Waals surface area contributed by atoms with Gasteiger partial charge in [0.15, 0.2) is 0 Å². The number of hydrogen-bond acceptors (Lipinski definition) is 2. The maximum absolute atomic E-state index is 5.35. The van der Waals surface area contributed by atoms with E-state index in [1.807, 2.05) is 0 Å². The Morgan fingerprint density at radius 2 is 1.50 bits per heavy atom. The second-order valence-corrected chi connectivity index (χ2v) is 2.92. The van der Waals surface area contributed by atoms with Gasteiger partial charge in [0.1, 0.15) is 0 Å². The highest BCUT2D eigenvalue weighted by Crippen LogP contribution is 2.20. The zero-order chi connectivity index (χ0) is 8.43. The largest absolute Gasteiger partial charge is 1.00 e. The number of aryl methyl sites for hydroxylation is 3. The number of halogens is 1. The van der Waals surface area contributed by atoms with Crippen LogP contribution in [0.5, 0.6) is 0 Å². The molecule has 0 amide bonds. The minimum Gasteiger partial charge on any atom is -1.00 e. The molecule has 0 fully saturated rings. The van der Waals surface area contributed by atoms with Crippen molar-refractivity contribution in [3.05, 3.63) is 28.8 Å². The summed E-state index contributed by atoms with van der Waals surface area (Å²) < 4.78 is 0. The van der Waals surface area contributed by atoms with Gasteiger partial charge >= 0.3 is 0 Å². The molecule has 3 heteroatoms. The van der Waals surface area contributed by atoms with E-state index >= 15 is 0 Å². The summed E-state index contributed by atoms with van der Waals surface area (Å²) in [5.74, 6) is 5.35. The van der Waals surface area contributed by atoms with Crippen LogP contribution in [0.15, 0.2) is 12.1 Å². The number of anilines is 1. The molecule has 0 radical (unpaired) electrons. The van der Waals surface area contributed by atoms with Gasteiger partial charge in [0.25, 0.3) is 0 Å². The molecule has 0 saturated heterocycles. The van der Waals surface area contributed by atoms with Gasteiger partial charge < -0.3 is 17.8 Å². The van der Waals surface area contributed by atoms with Crippen molar-refractivity contribution in [2.75, 3.05) is 5.43 Å². The van der Waals surface area contributed by atoms with E-state index in [2.05, 4.69) is 38.3 Å². The topological polar surface area (TPSA) is 38.0 Å². The fraction of sp³-hybridized carbons (Fsp3) is 0.333. The van der Waals surface area contributed by atoms with Crippen molar-refractivity contribution >= 4 is 5.69 Å². The Labute approximate surface area is 79.5 Å². The normalized spacial score (nSPS) is 9.00. The fourth-order valence-electron chi connectivity index (χ4n) is 1.41. The van der Waals surface area contributed by atoms with Crippen LogP contribution < -0.4 is 23.7 Å². The van der Waals surface area contributed by atoms with Gasteiger partial charge in [0, 0.05) is 0 Å². The maximum Gasteiger partial charge on any atom is 0.0543 e. The number of benzene rings is 1. The van der Waals surface area contributed by atoms with E-state index in [0.717, 1.165) is 5.69 Å². The van der Waals surface area contributed by atoms with Gasteiger partial charge in [-0.25, -0.2) is 0 Å². The first-order valence-corrected chi connectivity index (χ1v) is 3.69. The highest BCUT2D eigenvalue weighted by molar-refractivity contribution is 5.57. The van der Waals surface area contributed by atoms with Crippen molar-refractivity contribution in [1.29, 1.82) is 0 Å². The summed E-state index contributed by atoms with van der Waals surface area (Å²) in [6, 6.07) is 4.23. The Bertz CT molecular complexity index is 248. The van der Waals surface area contributed by atoms with Crippen LogP contribution in [0.3, 0.4) is 0 Å². The van der Waals surface area contributed by atoms with E-state index in [1.165, 1.54) is 16.7 Å². The maximum atomic E-state index is 5.35. The molecular formula is C9H14ClN2-. The summed E-state index contributed by atoms with van der Waals surface area (Å²) in [6.45, 7) is 6.19. The summed E-state index contributed by atoms with van der Waals surface area (Å²) in [7, 11) is 0. The third-order valence-corrected chi connectivity index (χ3v) is 1.82. The monoisotopic (exact) mass is 185 g/mol. The number of nitrogen functional groups attached to an aromatic ring is 1. The van der Waals surface area contributed by atoms with Gasteiger partial charge in [-0.3, -0.25) is 5.84 Å². The highest BCUT2D eigenvalue weighted by atomic mass is 35.5. The van der Waals surface area contributed by atoms with Crippen LogP contribution in [0.1, 0.15) is 16.7 Å². The smallest absolute Gasteiger partial charge is 0.0543 e. The zero-order valence-corrected chi connectivity index (χ0v) is 8.37. The predicted molar refractivity (Wildman–Crippen MR) is 48.5 cm³/mol. The Hall–Kier alpha value is -0.730. The molecule has 0 heterocycles. The molecule has 3 N–H and O–H groups in total. The lowest BCUT2D eigenvalue weighted by molar-refractivity contribution is -0.00000257. The van der Waals surface area contributed by atoms with Crippen molar-refractivity contribution in [3.8, 4) is 0 Å². The molecule has 0 bridgehead atoms. The van der Waals surface area contributed by atoms with Crippen LogP contribution in [0.2, 0.25) is 0 Å². The molecule has 0 saturated carbocycles. The van der Waals surface area contributed by atoms with Gasteiger partial charge in [0.05, 0.1) is 5.69 Å². The zero-order valence-electron chi connectivity index (χ0n) is 7.61. The molecule has 2 nitrogen and oxygen atoms in total. The van der Waals surface area contributed by atoms with Crippen LogP contribution in [-0.4, -0.2) is 0 Å². The Balaban J connectivity index is 0.00000121. The summed E-state index contributed by atoms with van der Waals surface area (Å²) >= 11 is 0. The molecule has 1 rings (SSSR count). The van der Waals surface area contributed by atoms with Crippen molar-refractivity contribution in [2.24, 2.45) is 5.84 Å². The Kier molecular flexibility index (Phi) is 4.07. The summed E-state index contributed by atoms with van der Waals surface area (Å²) in [6.07, 6.45) is 0. The molecule has 0 aliphatic carbocycles. The molecule has 0 aliphatic heterocycles. The molecule has 0 unspecified atom stereocenters. The van der Waals surface area contributed by atoms with E-state index in [9.17, 15) is 0 Å². The molecule has 68 valence electrons. The molecule has 1 aromatic carbocycles. The first kappa shape index (κ1) is 11.3. The molecule has 12 heavy (non-hydrogen) atoms. The van der Waals surface area contributed by atoms with Gasteiger partial charge in [0.2, 0.25) is 0 Å². The van der Waals surface area contributed by atoms with E-state index in [4.69, 9.17) is 5.84 Å². The number of hydrogen-bond donors (Lipinski definition) is 2. The van der Waals surface area contributed by atoms with Gasteiger partial charge in [-0.1, -0.05) is 17.7 Å². The van der Waals surface area contributed by atoms with E-state index < -0.39 is 0 Å². The average Bonchev–Trinajstić information content (AvgIpc) is 1.85. The molecule has 1 aromatic rings. The quantitative estimate of drug-likeness (QED) is 0.431. The van der Waals surface area contributed by atoms with Crippen LogP contribution in [0.25, 0.3) is 0 Å². The fourth-order valence-corrected chi connectivity index (χ4v) is 1.41. The summed E-state index contributed by atoms with van der Waals surface area (Å²) in [4.78, 5) is 0.